The van der Waals surface area contributed by atoms with Gasteiger partial charge in [-0.3, -0.25) is 4.79 Å². The molecule has 1 aromatic rings. The topological polar surface area (TPSA) is 66.4 Å². The van der Waals surface area contributed by atoms with Crippen LogP contribution in [0.3, 0.4) is 0 Å². The number of carboxylic acids is 1. The summed E-state index contributed by atoms with van der Waals surface area (Å²) in [4.78, 5) is 23.9. The number of carboxylic acid groups (broad SMARTS) is 1. The quantitative estimate of drug-likeness (QED) is 0.794. The number of benzene rings is 1. The molecule has 0 saturated heterocycles. The lowest BCUT2D eigenvalue weighted by atomic mass is 9.78. The third-order valence-corrected chi connectivity index (χ3v) is 5.29. The van der Waals surface area contributed by atoms with Gasteiger partial charge in [0.2, 0.25) is 5.91 Å². The largest absolute Gasteiger partial charge is 0.480 e. The molecule has 4 nitrogen and oxygen atoms in total. The van der Waals surface area contributed by atoms with Crippen molar-refractivity contribution in [1.82, 2.24) is 5.32 Å². The molecular formula is C19H23NO3. The second-order valence-corrected chi connectivity index (χ2v) is 6.69. The van der Waals surface area contributed by atoms with Gasteiger partial charge >= 0.3 is 5.97 Å². The lowest BCUT2D eigenvalue weighted by Crippen LogP contribution is -2.42. The molecule has 0 radical (unpaired) electrons. The number of hydrogen-bond acceptors (Lipinski definition) is 2. The first-order valence-electron chi connectivity index (χ1n) is 8.31. The Hall–Kier alpha value is -2.10. The molecule has 3 unspecified atom stereocenters. The van der Waals surface area contributed by atoms with Gasteiger partial charge in [-0.05, 0) is 49.7 Å². The first-order valence-corrected chi connectivity index (χ1v) is 8.31. The Morgan fingerprint density at radius 1 is 1.43 bits per heavy atom. The van der Waals surface area contributed by atoms with Crippen molar-refractivity contribution < 1.29 is 14.7 Å². The van der Waals surface area contributed by atoms with E-state index >= 15 is 0 Å². The predicted molar refractivity (Wildman–Crippen MR) is 88.2 cm³/mol. The maximum atomic E-state index is 12.6. The first kappa shape index (κ1) is 15.8. The van der Waals surface area contributed by atoms with Gasteiger partial charge in [0.15, 0.2) is 0 Å². The lowest BCUT2D eigenvalue weighted by Gasteiger charge is -2.26. The monoisotopic (exact) mass is 313 g/mol. The summed E-state index contributed by atoms with van der Waals surface area (Å²) in [7, 11) is 0. The number of aliphatic carboxylic acids is 1. The molecule has 1 spiro atoms. The van der Waals surface area contributed by atoms with E-state index in [9.17, 15) is 14.7 Å². The highest BCUT2D eigenvalue weighted by Crippen LogP contribution is 2.60. The average Bonchev–Trinajstić information content (AvgIpc) is 3.26. The van der Waals surface area contributed by atoms with E-state index in [-0.39, 0.29) is 17.2 Å². The van der Waals surface area contributed by atoms with E-state index < -0.39 is 12.0 Å². The highest BCUT2D eigenvalue weighted by molar-refractivity contribution is 5.88. The van der Waals surface area contributed by atoms with E-state index in [4.69, 9.17) is 0 Å². The third kappa shape index (κ3) is 2.90. The summed E-state index contributed by atoms with van der Waals surface area (Å²) in [5.41, 5.74) is 2.58. The normalized spacial score (nSPS) is 26.2. The second-order valence-electron chi connectivity index (χ2n) is 6.69. The zero-order valence-electron chi connectivity index (χ0n) is 13.3. The van der Waals surface area contributed by atoms with Crippen LogP contribution in [0.15, 0.2) is 36.9 Å². The van der Waals surface area contributed by atoms with Crippen molar-refractivity contribution in [2.75, 3.05) is 0 Å². The molecule has 1 amide bonds. The molecule has 2 N–H and O–H groups in total. The first-order chi connectivity index (χ1) is 11.1. The van der Waals surface area contributed by atoms with Gasteiger partial charge in [0.05, 0.1) is 0 Å². The van der Waals surface area contributed by atoms with Gasteiger partial charge in [0.25, 0.3) is 0 Å². The van der Waals surface area contributed by atoms with Gasteiger partial charge in [-0.2, -0.15) is 0 Å². The van der Waals surface area contributed by atoms with Gasteiger partial charge in [-0.1, -0.05) is 30.3 Å². The Morgan fingerprint density at radius 3 is 2.96 bits per heavy atom. The number of allylic oxidation sites excluding steroid dienone is 1. The van der Waals surface area contributed by atoms with Crippen LogP contribution in [0.4, 0.5) is 0 Å². The van der Waals surface area contributed by atoms with Crippen LogP contribution >= 0.6 is 0 Å². The molecule has 0 heterocycles. The van der Waals surface area contributed by atoms with E-state index in [0.29, 0.717) is 12.8 Å². The summed E-state index contributed by atoms with van der Waals surface area (Å²) >= 11 is 0. The van der Waals surface area contributed by atoms with Crippen molar-refractivity contribution in [2.24, 2.45) is 5.92 Å². The fraction of sp³-hybridized carbons (Fsp3) is 0.474. The number of amides is 1. The zero-order valence-corrected chi connectivity index (χ0v) is 13.3. The zero-order chi connectivity index (χ0) is 16.4. The molecule has 1 aromatic carbocycles. The third-order valence-electron chi connectivity index (χ3n) is 5.29. The van der Waals surface area contributed by atoms with Crippen molar-refractivity contribution in [3.63, 3.8) is 0 Å². The smallest absolute Gasteiger partial charge is 0.326 e. The molecule has 23 heavy (non-hydrogen) atoms. The van der Waals surface area contributed by atoms with Crippen LogP contribution in [0.2, 0.25) is 0 Å². The van der Waals surface area contributed by atoms with Gasteiger partial charge in [-0.25, -0.2) is 4.79 Å². The summed E-state index contributed by atoms with van der Waals surface area (Å²) in [5, 5.41) is 12.0. The number of fused-ring (bicyclic) bond motifs is 2. The van der Waals surface area contributed by atoms with E-state index in [0.717, 1.165) is 25.7 Å². The van der Waals surface area contributed by atoms with E-state index in [1.807, 2.05) is 12.1 Å². The second kappa shape index (κ2) is 6.19. The fourth-order valence-corrected chi connectivity index (χ4v) is 3.99. The Bertz CT molecular complexity index is 639. The van der Waals surface area contributed by atoms with Crippen LogP contribution in [-0.2, 0) is 21.4 Å². The number of carbonyl (C=O) groups is 2. The summed E-state index contributed by atoms with van der Waals surface area (Å²) in [6.45, 7) is 3.61. The summed E-state index contributed by atoms with van der Waals surface area (Å²) < 4.78 is 0. The van der Waals surface area contributed by atoms with Gasteiger partial charge in [-0.15, -0.1) is 6.58 Å². The Kier molecular flexibility index (Phi) is 4.24. The van der Waals surface area contributed by atoms with Gasteiger partial charge < -0.3 is 10.4 Å². The molecular weight excluding hydrogens is 290 g/mol. The van der Waals surface area contributed by atoms with Crippen LogP contribution < -0.4 is 5.32 Å². The minimum atomic E-state index is -0.973. The lowest BCUT2D eigenvalue weighted by molar-refractivity contribution is -0.142. The maximum Gasteiger partial charge on any atom is 0.326 e. The standard InChI is InChI=1S/C19H23NO3/c1-2-3-10-16(18(22)23)20-17(21)15-12-19(15)11-6-8-13-7-4-5-9-14(13)19/h2,4-5,7,9,15-16H,1,3,6,8,10-12H2,(H,20,21)(H,22,23). The summed E-state index contributed by atoms with van der Waals surface area (Å²) in [5.74, 6) is -1.17. The van der Waals surface area contributed by atoms with E-state index in [1.54, 1.807) is 6.08 Å². The minimum Gasteiger partial charge on any atom is -0.480 e. The fourth-order valence-electron chi connectivity index (χ4n) is 3.99. The summed E-state index contributed by atoms with van der Waals surface area (Å²) in [6.07, 6.45) is 6.67. The van der Waals surface area contributed by atoms with Crippen LogP contribution in [0, 0.1) is 5.92 Å². The van der Waals surface area contributed by atoms with Crippen molar-refractivity contribution in [1.29, 1.82) is 0 Å². The summed E-state index contributed by atoms with van der Waals surface area (Å²) in [6, 6.07) is 7.54. The number of rotatable bonds is 6. The molecule has 2 aliphatic carbocycles. The molecule has 0 aromatic heterocycles. The van der Waals surface area contributed by atoms with E-state index in [2.05, 4.69) is 24.0 Å². The minimum absolute atomic E-state index is 0.0551. The van der Waals surface area contributed by atoms with Gasteiger partial charge in [0.1, 0.15) is 6.04 Å². The molecule has 2 aliphatic rings. The molecule has 4 heteroatoms. The van der Waals surface area contributed by atoms with Crippen molar-refractivity contribution in [3.05, 3.63) is 48.0 Å². The van der Waals surface area contributed by atoms with Crippen LogP contribution in [-0.4, -0.2) is 23.0 Å². The van der Waals surface area contributed by atoms with Crippen molar-refractivity contribution in [3.8, 4) is 0 Å². The van der Waals surface area contributed by atoms with Crippen LogP contribution in [0.1, 0.15) is 43.2 Å². The molecule has 122 valence electrons. The van der Waals surface area contributed by atoms with E-state index in [1.165, 1.54) is 11.1 Å². The SMILES string of the molecule is C=CCCC(NC(=O)C1CC12CCCc1ccccc12)C(=O)O. The van der Waals surface area contributed by atoms with Crippen LogP contribution in [0.5, 0.6) is 0 Å². The molecule has 3 atom stereocenters. The highest BCUT2D eigenvalue weighted by atomic mass is 16.4. The van der Waals surface area contributed by atoms with Gasteiger partial charge in [0, 0.05) is 11.3 Å². The van der Waals surface area contributed by atoms with Crippen molar-refractivity contribution in [2.45, 2.75) is 50.0 Å². The molecule has 0 aliphatic heterocycles. The highest BCUT2D eigenvalue weighted by Gasteiger charge is 2.60. The molecule has 3 rings (SSSR count). The van der Waals surface area contributed by atoms with Crippen LogP contribution in [0.25, 0.3) is 0 Å². The van der Waals surface area contributed by atoms with Crippen molar-refractivity contribution >= 4 is 11.9 Å². The predicted octanol–water partition coefficient (Wildman–Crippen LogP) is 2.82. The number of aryl methyl sites for hydroxylation is 1. The average molecular weight is 313 g/mol. The molecule has 1 saturated carbocycles. The molecule has 0 bridgehead atoms. The Labute approximate surface area is 136 Å². The maximum absolute atomic E-state index is 12.6. The molecule has 1 fully saturated rings. The number of carbonyl (C=O) groups excluding carboxylic acids is 1. The number of nitrogens with one attached hydrogen (secondary N) is 1. The Morgan fingerprint density at radius 2 is 2.22 bits per heavy atom. The Balaban J connectivity index is 1.72. The number of hydrogen-bond donors (Lipinski definition) is 2.